The Hall–Kier alpha value is -3.06. The molecule has 0 fully saturated rings. The van der Waals surface area contributed by atoms with Crippen LogP contribution < -0.4 is 14.8 Å². The van der Waals surface area contributed by atoms with Gasteiger partial charge in [0, 0.05) is 12.3 Å². The molecule has 1 atom stereocenters. The predicted molar refractivity (Wildman–Crippen MR) is 116 cm³/mol. The Morgan fingerprint density at radius 3 is 2.63 bits per heavy atom. The van der Waals surface area contributed by atoms with Gasteiger partial charge in [0.15, 0.2) is 17.6 Å². The zero-order chi connectivity index (χ0) is 21.9. The first-order valence-corrected chi connectivity index (χ1v) is 10.0. The topological polar surface area (TPSA) is 86.8 Å². The molecule has 0 aliphatic heterocycles. The van der Waals surface area contributed by atoms with Crippen LogP contribution in [-0.2, 0) is 14.3 Å². The molecule has 160 valence electrons. The number of hydrogen-bond acceptors (Lipinski definition) is 6. The number of carbonyl (C=O) groups is 2. The average molecular weight is 433 g/mol. The molecule has 0 saturated heterocycles. The van der Waals surface area contributed by atoms with Crippen LogP contribution in [0.5, 0.6) is 11.5 Å². The minimum Gasteiger partial charge on any atom is -0.490 e. The number of rotatable bonds is 10. The molecule has 1 N–H and O–H groups in total. The summed E-state index contributed by atoms with van der Waals surface area (Å²) >= 11 is 5.76. The summed E-state index contributed by atoms with van der Waals surface area (Å²) in [5, 5.41) is 3.01. The molecule has 1 amide bonds. The molecule has 0 bridgehead atoms. The molecule has 8 heteroatoms. The molecular weight excluding hydrogens is 408 g/mol. The molecular formula is C22H25ClN2O5. The van der Waals surface area contributed by atoms with Crippen LogP contribution >= 0.6 is 11.6 Å². The number of benzene rings is 1. The minimum atomic E-state index is -0.997. The molecule has 2 aromatic rings. The third-order valence-electron chi connectivity index (χ3n) is 3.78. The number of anilines is 1. The Bertz CT molecular complexity index is 884. The molecule has 2 rings (SSSR count). The smallest absolute Gasteiger partial charge is 0.331 e. The predicted octanol–water partition coefficient (Wildman–Crippen LogP) is 4.51. The Labute approximate surface area is 181 Å². The van der Waals surface area contributed by atoms with E-state index in [0.717, 1.165) is 12.0 Å². The van der Waals surface area contributed by atoms with Gasteiger partial charge in [0.1, 0.15) is 5.82 Å². The summed E-state index contributed by atoms with van der Waals surface area (Å²) in [7, 11) is 0. The fraction of sp³-hybridized carbons (Fsp3) is 0.318. The maximum absolute atomic E-state index is 12.1. The van der Waals surface area contributed by atoms with E-state index < -0.39 is 18.0 Å². The van der Waals surface area contributed by atoms with Gasteiger partial charge in [-0.3, -0.25) is 4.79 Å². The molecule has 0 radical (unpaired) electrons. The van der Waals surface area contributed by atoms with E-state index in [9.17, 15) is 9.59 Å². The minimum absolute atomic E-state index is 0.316. The third kappa shape index (κ3) is 7.40. The number of halogens is 1. The lowest BCUT2D eigenvalue weighted by atomic mass is 10.2. The highest BCUT2D eigenvalue weighted by Crippen LogP contribution is 2.29. The summed E-state index contributed by atoms with van der Waals surface area (Å²) < 4.78 is 16.4. The van der Waals surface area contributed by atoms with Gasteiger partial charge in [0.2, 0.25) is 0 Å². The van der Waals surface area contributed by atoms with Crippen molar-refractivity contribution in [3.05, 3.63) is 53.2 Å². The number of carbonyl (C=O) groups excluding carboxylic acids is 2. The van der Waals surface area contributed by atoms with Crippen molar-refractivity contribution in [3.63, 3.8) is 0 Å². The van der Waals surface area contributed by atoms with Gasteiger partial charge in [-0.25, -0.2) is 9.78 Å². The van der Waals surface area contributed by atoms with Crippen LogP contribution in [0.4, 0.5) is 5.82 Å². The molecule has 0 spiro atoms. The van der Waals surface area contributed by atoms with E-state index >= 15 is 0 Å². The Balaban J connectivity index is 1.94. The van der Waals surface area contributed by atoms with Crippen LogP contribution in [0.25, 0.3) is 6.08 Å². The molecule has 7 nitrogen and oxygen atoms in total. The molecule has 1 aromatic heterocycles. The maximum Gasteiger partial charge on any atom is 0.331 e. The number of nitrogens with one attached hydrogen (secondary N) is 1. The summed E-state index contributed by atoms with van der Waals surface area (Å²) in [6.45, 7) is 6.47. The number of pyridine rings is 1. The second kappa shape index (κ2) is 11.8. The van der Waals surface area contributed by atoms with Gasteiger partial charge >= 0.3 is 5.97 Å². The number of nitrogens with zero attached hydrogens (tertiary/aromatic N) is 1. The van der Waals surface area contributed by atoms with E-state index in [1.54, 1.807) is 36.4 Å². The van der Waals surface area contributed by atoms with E-state index in [1.165, 1.54) is 19.2 Å². The normalized spacial score (nSPS) is 11.7. The van der Waals surface area contributed by atoms with Gasteiger partial charge in [0.25, 0.3) is 5.91 Å². The van der Waals surface area contributed by atoms with Crippen LogP contribution in [0.1, 0.15) is 32.8 Å². The summed E-state index contributed by atoms with van der Waals surface area (Å²) in [5.74, 6) is 0.425. The van der Waals surface area contributed by atoms with Crippen LogP contribution in [0.15, 0.2) is 42.6 Å². The highest BCUT2D eigenvalue weighted by Gasteiger charge is 2.17. The van der Waals surface area contributed by atoms with Gasteiger partial charge in [0.05, 0.1) is 18.2 Å². The van der Waals surface area contributed by atoms with Crippen molar-refractivity contribution >= 4 is 35.4 Å². The van der Waals surface area contributed by atoms with Crippen molar-refractivity contribution in [2.45, 2.75) is 33.3 Å². The van der Waals surface area contributed by atoms with Crippen molar-refractivity contribution in [2.75, 3.05) is 18.5 Å². The fourth-order valence-corrected chi connectivity index (χ4v) is 2.45. The van der Waals surface area contributed by atoms with Crippen molar-refractivity contribution < 1.29 is 23.8 Å². The zero-order valence-electron chi connectivity index (χ0n) is 17.2. The number of amides is 1. The summed E-state index contributed by atoms with van der Waals surface area (Å²) in [5.41, 5.74) is 0.738. The molecule has 0 aliphatic carbocycles. The van der Waals surface area contributed by atoms with Crippen LogP contribution in [0.3, 0.4) is 0 Å². The maximum atomic E-state index is 12.1. The van der Waals surface area contributed by atoms with Crippen LogP contribution in [0.2, 0.25) is 5.02 Å². The zero-order valence-corrected chi connectivity index (χ0v) is 17.9. The number of esters is 1. The van der Waals surface area contributed by atoms with E-state index in [2.05, 4.69) is 10.3 Å². The number of ether oxygens (including phenoxy) is 3. The van der Waals surface area contributed by atoms with Crippen LogP contribution in [-0.4, -0.2) is 36.2 Å². The van der Waals surface area contributed by atoms with Crippen molar-refractivity contribution in [3.8, 4) is 11.5 Å². The molecule has 1 aromatic carbocycles. The Morgan fingerprint density at radius 2 is 1.97 bits per heavy atom. The van der Waals surface area contributed by atoms with Gasteiger partial charge in [-0.15, -0.1) is 0 Å². The largest absolute Gasteiger partial charge is 0.490 e. The lowest BCUT2D eigenvalue weighted by molar-refractivity contribution is -0.148. The number of aromatic nitrogens is 1. The van der Waals surface area contributed by atoms with Gasteiger partial charge in [-0.05, 0) is 56.2 Å². The lowest BCUT2D eigenvalue weighted by Gasteiger charge is -2.12. The quantitative estimate of drug-likeness (QED) is 0.439. The monoisotopic (exact) mass is 432 g/mol. The molecule has 0 saturated carbocycles. The standard InChI is InChI=1S/C22H25ClN2O5/c1-4-12-29-18-9-6-16(13-19(18)28-5-2)7-11-21(26)30-15(3)22(27)25-20-10-8-17(23)14-24-20/h6-11,13-15H,4-5,12H2,1-3H3,(H,24,25,27)/b11-7+. The van der Waals surface area contributed by atoms with Crippen molar-refractivity contribution in [2.24, 2.45) is 0 Å². The highest BCUT2D eigenvalue weighted by molar-refractivity contribution is 6.30. The van der Waals surface area contributed by atoms with Gasteiger partial charge < -0.3 is 19.5 Å². The van der Waals surface area contributed by atoms with Gasteiger partial charge in [-0.2, -0.15) is 0 Å². The SMILES string of the molecule is CCCOc1ccc(/C=C/C(=O)OC(C)C(=O)Nc2ccc(Cl)cn2)cc1OCC. The van der Waals surface area contributed by atoms with E-state index in [0.29, 0.717) is 35.6 Å². The van der Waals surface area contributed by atoms with E-state index in [1.807, 2.05) is 13.8 Å². The highest BCUT2D eigenvalue weighted by atomic mass is 35.5. The molecule has 0 aliphatic rings. The molecule has 30 heavy (non-hydrogen) atoms. The average Bonchev–Trinajstić information content (AvgIpc) is 2.73. The number of hydrogen-bond donors (Lipinski definition) is 1. The Kier molecular flexibility index (Phi) is 9.15. The third-order valence-corrected chi connectivity index (χ3v) is 4.01. The van der Waals surface area contributed by atoms with Gasteiger partial charge in [-0.1, -0.05) is 24.6 Å². The Morgan fingerprint density at radius 1 is 1.17 bits per heavy atom. The molecule has 1 heterocycles. The first-order chi connectivity index (χ1) is 14.4. The second-order valence-electron chi connectivity index (χ2n) is 6.25. The second-order valence-corrected chi connectivity index (χ2v) is 6.69. The molecule has 1 unspecified atom stereocenters. The summed E-state index contributed by atoms with van der Waals surface area (Å²) in [6.07, 6.45) is 4.13. The van der Waals surface area contributed by atoms with E-state index in [-0.39, 0.29) is 0 Å². The van der Waals surface area contributed by atoms with Crippen LogP contribution in [0, 0.1) is 0 Å². The van der Waals surface area contributed by atoms with Crippen molar-refractivity contribution in [1.82, 2.24) is 4.98 Å². The summed E-state index contributed by atoms with van der Waals surface area (Å²) in [6, 6.07) is 8.53. The fourth-order valence-electron chi connectivity index (χ4n) is 2.34. The lowest BCUT2D eigenvalue weighted by Crippen LogP contribution is -2.29. The first-order valence-electron chi connectivity index (χ1n) is 9.63. The first kappa shape index (κ1) is 23.2. The summed E-state index contributed by atoms with van der Waals surface area (Å²) in [4.78, 5) is 28.2. The van der Waals surface area contributed by atoms with Crippen molar-refractivity contribution in [1.29, 1.82) is 0 Å². The van der Waals surface area contributed by atoms with E-state index in [4.69, 9.17) is 25.8 Å².